The Morgan fingerprint density at radius 1 is 1.07 bits per heavy atom. The van der Waals surface area contributed by atoms with Gasteiger partial charge in [-0.3, -0.25) is 0 Å². The summed E-state index contributed by atoms with van der Waals surface area (Å²) in [5.41, 5.74) is 4.30. The van der Waals surface area contributed by atoms with E-state index < -0.39 is 0 Å². The molecule has 2 unspecified atom stereocenters. The van der Waals surface area contributed by atoms with E-state index in [2.05, 4.69) is 44.3 Å². The van der Waals surface area contributed by atoms with E-state index in [1.165, 1.54) is 29.5 Å². The van der Waals surface area contributed by atoms with Gasteiger partial charge < -0.3 is 5.32 Å². The molecule has 1 heteroatoms. The lowest BCUT2D eigenvalue weighted by Gasteiger charge is -2.28. The molecule has 0 spiro atoms. The zero-order valence-corrected chi connectivity index (χ0v) is 10.0. The van der Waals surface area contributed by atoms with Crippen LogP contribution in [-0.4, -0.2) is 12.6 Å². The number of hydrogen-bond donors (Lipinski definition) is 1. The number of piperidine rings is 1. The minimum atomic E-state index is 0.701. The van der Waals surface area contributed by atoms with Gasteiger partial charge in [0.1, 0.15) is 0 Å². The molecule has 0 amide bonds. The number of aryl methyl sites for hydroxylation is 2. The molecule has 15 heavy (non-hydrogen) atoms. The van der Waals surface area contributed by atoms with Gasteiger partial charge >= 0.3 is 0 Å². The molecule has 1 aromatic carbocycles. The van der Waals surface area contributed by atoms with Crippen molar-refractivity contribution >= 4 is 0 Å². The van der Waals surface area contributed by atoms with Gasteiger partial charge in [0.05, 0.1) is 0 Å². The fourth-order valence-electron chi connectivity index (χ4n) is 2.53. The summed E-state index contributed by atoms with van der Waals surface area (Å²) in [7, 11) is 0. The largest absolute Gasteiger partial charge is 0.314 e. The maximum atomic E-state index is 3.57. The third-order valence-electron chi connectivity index (χ3n) is 3.38. The Balaban J connectivity index is 2.15. The second-order valence-electron chi connectivity index (χ2n) is 5.00. The summed E-state index contributed by atoms with van der Waals surface area (Å²) in [4.78, 5) is 0. The molecule has 1 aliphatic heterocycles. The summed E-state index contributed by atoms with van der Waals surface area (Å²) >= 11 is 0. The van der Waals surface area contributed by atoms with Crippen LogP contribution in [-0.2, 0) is 0 Å². The molecule has 2 rings (SSSR count). The Hall–Kier alpha value is -0.820. The first-order chi connectivity index (χ1) is 7.15. The number of rotatable bonds is 1. The average molecular weight is 203 g/mol. The van der Waals surface area contributed by atoms with Crippen LogP contribution in [0.5, 0.6) is 0 Å². The van der Waals surface area contributed by atoms with Crippen molar-refractivity contribution in [3.8, 4) is 0 Å². The summed E-state index contributed by atoms with van der Waals surface area (Å²) < 4.78 is 0. The molecule has 1 saturated heterocycles. The molecule has 0 radical (unpaired) electrons. The van der Waals surface area contributed by atoms with E-state index in [1.807, 2.05) is 0 Å². The van der Waals surface area contributed by atoms with Crippen molar-refractivity contribution < 1.29 is 0 Å². The van der Waals surface area contributed by atoms with Crippen LogP contribution in [0.25, 0.3) is 0 Å². The summed E-state index contributed by atoms with van der Waals surface area (Å²) in [5, 5.41) is 3.57. The lowest BCUT2D eigenvalue weighted by Crippen LogP contribution is -2.35. The predicted molar refractivity (Wildman–Crippen MR) is 65.4 cm³/mol. The maximum Gasteiger partial charge on any atom is 0.00391 e. The van der Waals surface area contributed by atoms with Gasteiger partial charge in [0.15, 0.2) is 0 Å². The molecule has 1 heterocycles. The highest BCUT2D eigenvalue weighted by Gasteiger charge is 2.19. The predicted octanol–water partition coefficient (Wildman–Crippen LogP) is 3.16. The number of hydrogen-bond acceptors (Lipinski definition) is 1. The van der Waals surface area contributed by atoms with E-state index >= 15 is 0 Å². The molecule has 1 fully saturated rings. The molecule has 2 atom stereocenters. The molecule has 0 saturated carbocycles. The first-order valence-corrected chi connectivity index (χ1v) is 5.97. The quantitative estimate of drug-likeness (QED) is 0.739. The SMILES string of the molecule is Cc1cc(C)cc(C2CCC(C)NC2)c1. The van der Waals surface area contributed by atoms with Crippen LogP contribution in [0.3, 0.4) is 0 Å². The van der Waals surface area contributed by atoms with Crippen molar-refractivity contribution in [2.24, 2.45) is 0 Å². The average Bonchev–Trinajstić information content (AvgIpc) is 2.17. The Labute approximate surface area is 92.9 Å². The van der Waals surface area contributed by atoms with Crippen LogP contribution in [0.2, 0.25) is 0 Å². The van der Waals surface area contributed by atoms with Crippen LogP contribution in [0.15, 0.2) is 18.2 Å². The number of benzene rings is 1. The van der Waals surface area contributed by atoms with Crippen LogP contribution >= 0.6 is 0 Å². The molecular formula is C14H21N. The zero-order chi connectivity index (χ0) is 10.8. The van der Waals surface area contributed by atoms with Crippen LogP contribution in [0.1, 0.15) is 42.4 Å². The van der Waals surface area contributed by atoms with Gasteiger partial charge in [-0.2, -0.15) is 0 Å². The molecule has 1 aliphatic rings. The van der Waals surface area contributed by atoms with Gasteiger partial charge in [-0.1, -0.05) is 29.3 Å². The minimum Gasteiger partial charge on any atom is -0.314 e. The van der Waals surface area contributed by atoms with E-state index in [1.54, 1.807) is 0 Å². The Kier molecular flexibility index (Phi) is 3.11. The summed E-state index contributed by atoms with van der Waals surface area (Å²) in [6.45, 7) is 7.80. The third-order valence-corrected chi connectivity index (χ3v) is 3.38. The lowest BCUT2D eigenvalue weighted by atomic mass is 9.88. The minimum absolute atomic E-state index is 0.701. The Bertz CT molecular complexity index is 315. The zero-order valence-electron chi connectivity index (χ0n) is 10.0. The first-order valence-electron chi connectivity index (χ1n) is 5.97. The van der Waals surface area contributed by atoms with Crippen LogP contribution in [0, 0.1) is 13.8 Å². The fourth-order valence-corrected chi connectivity index (χ4v) is 2.53. The van der Waals surface area contributed by atoms with Crippen molar-refractivity contribution in [1.29, 1.82) is 0 Å². The molecule has 82 valence electrons. The highest BCUT2D eigenvalue weighted by molar-refractivity contribution is 5.31. The monoisotopic (exact) mass is 203 g/mol. The summed E-state index contributed by atoms with van der Waals surface area (Å²) in [6.07, 6.45) is 2.63. The fraction of sp³-hybridized carbons (Fsp3) is 0.571. The Morgan fingerprint density at radius 2 is 1.73 bits per heavy atom. The Morgan fingerprint density at radius 3 is 2.27 bits per heavy atom. The van der Waals surface area contributed by atoms with Crippen molar-refractivity contribution in [2.75, 3.05) is 6.54 Å². The van der Waals surface area contributed by atoms with Crippen molar-refractivity contribution in [1.82, 2.24) is 5.32 Å². The van der Waals surface area contributed by atoms with Gasteiger partial charge in [-0.25, -0.2) is 0 Å². The summed E-state index contributed by atoms with van der Waals surface area (Å²) in [6, 6.07) is 7.64. The van der Waals surface area contributed by atoms with Gasteiger partial charge in [0.2, 0.25) is 0 Å². The topological polar surface area (TPSA) is 12.0 Å². The second-order valence-corrected chi connectivity index (χ2v) is 5.00. The highest BCUT2D eigenvalue weighted by atomic mass is 14.9. The van der Waals surface area contributed by atoms with E-state index in [9.17, 15) is 0 Å². The molecule has 1 nitrogen and oxygen atoms in total. The van der Waals surface area contributed by atoms with Gasteiger partial charge in [-0.05, 0) is 45.1 Å². The molecule has 1 aromatic rings. The lowest BCUT2D eigenvalue weighted by molar-refractivity contribution is 0.385. The molecular weight excluding hydrogens is 182 g/mol. The number of nitrogens with one attached hydrogen (secondary N) is 1. The molecule has 0 aromatic heterocycles. The van der Waals surface area contributed by atoms with Crippen molar-refractivity contribution in [3.63, 3.8) is 0 Å². The van der Waals surface area contributed by atoms with E-state index in [0.29, 0.717) is 6.04 Å². The molecule has 0 bridgehead atoms. The molecule has 1 N–H and O–H groups in total. The van der Waals surface area contributed by atoms with Gasteiger partial charge in [0, 0.05) is 12.6 Å². The van der Waals surface area contributed by atoms with Crippen molar-refractivity contribution in [2.45, 2.75) is 45.6 Å². The maximum absolute atomic E-state index is 3.57. The highest BCUT2D eigenvalue weighted by Crippen LogP contribution is 2.26. The van der Waals surface area contributed by atoms with Crippen LogP contribution in [0.4, 0.5) is 0 Å². The van der Waals surface area contributed by atoms with Crippen molar-refractivity contribution in [3.05, 3.63) is 34.9 Å². The molecule has 0 aliphatic carbocycles. The second kappa shape index (κ2) is 4.36. The smallest absolute Gasteiger partial charge is 0.00391 e. The standard InChI is InChI=1S/C14H21N/c1-10-6-11(2)8-14(7-10)13-5-4-12(3)15-9-13/h6-8,12-13,15H,4-5,9H2,1-3H3. The third kappa shape index (κ3) is 2.60. The summed E-state index contributed by atoms with van der Waals surface area (Å²) in [5.74, 6) is 0.722. The normalized spacial score (nSPS) is 26.6. The van der Waals surface area contributed by atoms with Gasteiger partial charge in [-0.15, -0.1) is 0 Å². The van der Waals surface area contributed by atoms with Gasteiger partial charge in [0.25, 0.3) is 0 Å². The first kappa shape index (κ1) is 10.7. The van der Waals surface area contributed by atoms with E-state index in [-0.39, 0.29) is 0 Å². The van der Waals surface area contributed by atoms with E-state index in [0.717, 1.165) is 12.5 Å². The van der Waals surface area contributed by atoms with E-state index in [4.69, 9.17) is 0 Å². The van der Waals surface area contributed by atoms with Crippen LogP contribution < -0.4 is 5.32 Å².